The molecule has 0 spiro atoms. The van der Waals surface area contributed by atoms with Gasteiger partial charge in [0, 0.05) is 5.92 Å². The Kier molecular flexibility index (Phi) is 7.65. The summed E-state index contributed by atoms with van der Waals surface area (Å²) in [5.74, 6) is 4.17. The zero-order valence-electron chi connectivity index (χ0n) is 16.5. The van der Waals surface area contributed by atoms with Gasteiger partial charge in [0.15, 0.2) is 0 Å². The fourth-order valence-electron chi connectivity index (χ4n) is 5.45. The van der Waals surface area contributed by atoms with E-state index in [0.29, 0.717) is 12.0 Å². The van der Waals surface area contributed by atoms with E-state index in [0.717, 1.165) is 30.3 Å². The fourth-order valence-corrected chi connectivity index (χ4v) is 5.45. The van der Waals surface area contributed by atoms with Gasteiger partial charge in [-0.2, -0.15) is 0 Å². The summed E-state index contributed by atoms with van der Waals surface area (Å²) < 4.78 is 6.15. The highest BCUT2D eigenvalue weighted by Crippen LogP contribution is 2.37. The SMILES string of the molecule is C=CC1CCC(C2CCC(/C=C/C3CCC(CCC)CC3)CC2)OC1. The molecule has 25 heavy (non-hydrogen) atoms. The topological polar surface area (TPSA) is 9.23 Å². The van der Waals surface area contributed by atoms with E-state index < -0.39 is 0 Å². The van der Waals surface area contributed by atoms with Gasteiger partial charge in [-0.25, -0.2) is 0 Å². The van der Waals surface area contributed by atoms with Crippen molar-refractivity contribution in [3.05, 3.63) is 24.8 Å². The van der Waals surface area contributed by atoms with E-state index in [9.17, 15) is 0 Å². The highest BCUT2D eigenvalue weighted by Gasteiger charge is 2.30. The normalized spacial score (nSPS) is 40.2. The van der Waals surface area contributed by atoms with Gasteiger partial charge in [-0.1, -0.05) is 38.0 Å². The van der Waals surface area contributed by atoms with Gasteiger partial charge in [0.05, 0.1) is 12.7 Å². The summed E-state index contributed by atoms with van der Waals surface area (Å²) >= 11 is 0. The van der Waals surface area contributed by atoms with E-state index in [1.165, 1.54) is 77.0 Å². The summed E-state index contributed by atoms with van der Waals surface area (Å²) in [5, 5.41) is 0. The lowest BCUT2D eigenvalue weighted by atomic mass is 9.76. The monoisotopic (exact) mass is 344 g/mol. The third-order valence-electron chi connectivity index (χ3n) is 7.27. The third kappa shape index (κ3) is 5.71. The van der Waals surface area contributed by atoms with Crippen LogP contribution in [0.4, 0.5) is 0 Å². The van der Waals surface area contributed by atoms with Crippen molar-refractivity contribution in [1.82, 2.24) is 0 Å². The molecule has 0 bridgehead atoms. The number of hydrogen-bond acceptors (Lipinski definition) is 1. The maximum Gasteiger partial charge on any atom is 0.0603 e. The lowest BCUT2D eigenvalue weighted by Gasteiger charge is -2.37. The van der Waals surface area contributed by atoms with Crippen molar-refractivity contribution in [2.45, 2.75) is 90.1 Å². The van der Waals surface area contributed by atoms with Gasteiger partial charge in [0.1, 0.15) is 0 Å². The molecule has 1 saturated heterocycles. The molecule has 2 saturated carbocycles. The number of hydrogen-bond donors (Lipinski definition) is 0. The summed E-state index contributed by atoms with van der Waals surface area (Å²) in [4.78, 5) is 0. The van der Waals surface area contributed by atoms with E-state index in [1.54, 1.807) is 0 Å². The van der Waals surface area contributed by atoms with Crippen molar-refractivity contribution in [3.8, 4) is 0 Å². The largest absolute Gasteiger partial charge is 0.377 e. The Balaban J connectivity index is 1.35. The van der Waals surface area contributed by atoms with Crippen molar-refractivity contribution in [1.29, 1.82) is 0 Å². The first-order chi connectivity index (χ1) is 12.3. The first kappa shape index (κ1) is 19.2. The second-order valence-corrected chi connectivity index (χ2v) is 9.07. The maximum atomic E-state index is 6.15. The second kappa shape index (κ2) is 9.95. The molecule has 2 aliphatic carbocycles. The lowest BCUT2D eigenvalue weighted by molar-refractivity contribution is -0.0477. The van der Waals surface area contributed by atoms with Crippen LogP contribution in [-0.2, 0) is 4.74 Å². The molecule has 0 radical (unpaired) electrons. The van der Waals surface area contributed by atoms with Gasteiger partial charge in [-0.3, -0.25) is 0 Å². The predicted molar refractivity (Wildman–Crippen MR) is 108 cm³/mol. The summed E-state index contributed by atoms with van der Waals surface area (Å²) in [6.07, 6.45) is 24.5. The van der Waals surface area contributed by atoms with E-state index in [1.807, 2.05) is 0 Å². The first-order valence-electron chi connectivity index (χ1n) is 11.2. The molecule has 0 aromatic carbocycles. The summed E-state index contributed by atoms with van der Waals surface area (Å²) in [7, 11) is 0. The maximum absolute atomic E-state index is 6.15. The minimum Gasteiger partial charge on any atom is -0.377 e. The Morgan fingerprint density at radius 1 is 0.800 bits per heavy atom. The van der Waals surface area contributed by atoms with Gasteiger partial charge >= 0.3 is 0 Å². The van der Waals surface area contributed by atoms with Crippen LogP contribution in [0, 0.1) is 29.6 Å². The van der Waals surface area contributed by atoms with Crippen LogP contribution >= 0.6 is 0 Å². The molecular formula is C24H40O. The van der Waals surface area contributed by atoms with E-state index in [2.05, 4.69) is 31.7 Å². The molecule has 0 aromatic heterocycles. The summed E-state index contributed by atoms with van der Waals surface area (Å²) in [6, 6.07) is 0. The molecule has 1 nitrogen and oxygen atoms in total. The predicted octanol–water partition coefficient (Wildman–Crippen LogP) is 6.94. The van der Waals surface area contributed by atoms with Gasteiger partial charge in [-0.05, 0) is 87.9 Å². The molecule has 1 heteroatoms. The molecule has 1 aliphatic heterocycles. The van der Waals surface area contributed by atoms with Crippen molar-refractivity contribution < 1.29 is 4.74 Å². The molecule has 0 amide bonds. The van der Waals surface area contributed by atoms with Crippen molar-refractivity contribution in [3.63, 3.8) is 0 Å². The average Bonchev–Trinajstić information content (AvgIpc) is 2.68. The van der Waals surface area contributed by atoms with Crippen molar-refractivity contribution in [2.75, 3.05) is 6.61 Å². The van der Waals surface area contributed by atoms with E-state index in [-0.39, 0.29) is 0 Å². The Morgan fingerprint density at radius 3 is 1.92 bits per heavy atom. The summed E-state index contributed by atoms with van der Waals surface area (Å²) in [6.45, 7) is 7.16. The van der Waals surface area contributed by atoms with Gasteiger partial charge < -0.3 is 4.74 Å². The molecule has 2 atom stereocenters. The standard InChI is InChI=1S/C24H40O/c1-3-5-20-6-8-21(9-7-20)10-11-22-12-15-23(16-13-22)24-17-14-19(4-2)18-25-24/h4,10-11,19-24H,2-3,5-9,12-18H2,1H3/b11-10+. The van der Waals surface area contributed by atoms with Crippen LogP contribution in [0.25, 0.3) is 0 Å². The number of ether oxygens (including phenoxy) is 1. The van der Waals surface area contributed by atoms with Crippen LogP contribution in [0.2, 0.25) is 0 Å². The molecule has 3 fully saturated rings. The molecule has 1 heterocycles. The average molecular weight is 345 g/mol. The van der Waals surface area contributed by atoms with Crippen LogP contribution in [0.3, 0.4) is 0 Å². The molecule has 0 N–H and O–H groups in total. The van der Waals surface area contributed by atoms with Gasteiger partial charge in [0.25, 0.3) is 0 Å². The number of rotatable bonds is 6. The van der Waals surface area contributed by atoms with Crippen LogP contribution < -0.4 is 0 Å². The molecule has 3 aliphatic rings. The van der Waals surface area contributed by atoms with Crippen LogP contribution in [0.15, 0.2) is 24.8 Å². The van der Waals surface area contributed by atoms with Gasteiger partial charge in [-0.15, -0.1) is 6.58 Å². The van der Waals surface area contributed by atoms with Gasteiger partial charge in [0.2, 0.25) is 0 Å². The zero-order chi connectivity index (χ0) is 17.5. The molecule has 3 rings (SSSR count). The lowest BCUT2D eigenvalue weighted by Crippen LogP contribution is -2.33. The third-order valence-corrected chi connectivity index (χ3v) is 7.27. The highest BCUT2D eigenvalue weighted by atomic mass is 16.5. The highest BCUT2D eigenvalue weighted by molar-refractivity contribution is 4.97. The molecule has 2 unspecified atom stereocenters. The Morgan fingerprint density at radius 2 is 1.40 bits per heavy atom. The Hall–Kier alpha value is -0.560. The smallest absolute Gasteiger partial charge is 0.0603 e. The fraction of sp³-hybridized carbons (Fsp3) is 0.833. The van der Waals surface area contributed by atoms with Crippen molar-refractivity contribution in [2.24, 2.45) is 29.6 Å². The Labute approximate surface area is 156 Å². The zero-order valence-corrected chi connectivity index (χ0v) is 16.5. The molecule has 0 aromatic rings. The molecule has 142 valence electrons. The van der Waals surface area contributed by atoms with Crippen molar-refractivity contribution >= 4 is 0 Å². The van der Waals surface area contributed by atoms with E-state index >= 15 is 0 Å². The van der Waals surface area contributed by atoms with Crippen LogP contribution in [0.1, 0.15) is 84.0 Å². The quantitative estimate of drug-likeness (QED) is 0.474. The van der Waals surface area contributed by atoms with Crippen LogP contribution in [-0.4, -0.2) is 12.7 Å². The first-order valence-corrected chi connectivity index (χ1v) is 11.2. The van der Waals surface area contributed by atoms with Crippen LogP contribution in [0.5, 0.6) is 0 Å². The van der Waals surface area contributed by atoms with E-state index in [4.69, 9.17) is 4.74 Å². The minimum absolute atomic E-state index is 0.537. The molecular weight excluding hydrogens is 304 g/mol. The minimum atomic E-state index is 0.537. The second-order valence-electron chi connectivity index (χ2n) is 9.07. The number of allylic oxidation sites excluding steroid dienone is 2. The Bertz CT molecular complexity index is 402. The summed E-state index contributed by atoms with van der Waals surface area (Å²) in [5.41, 5.74) is 0.